The standard InChI is InChI=1S/C22H29FN4OS/c1-16(2)14-27-21(18-10-6-7-11-19(18)23)25-26-22(27)29-15-20(28)24-13-12-17-8-4-3-5-9-17/h6-8,10-11,16H,3-5,9,12-15H2,1-2H3,(H,24,28). The summed E-state index contributed by atoms with van der Waals surface area (Å²) in [6.07, 6.45) is 8.08. The van der Waals surface area contributed by atoms with Crippen molar-refractivity contribution in [1.29, 1.82) is 0 Å². The van der Waals surface area contributed by atoms with E-state index in [9.17, 15) is 9.18 Å². The van der Waals surface area contributed by atoms with Crippen molar-refractivity contribution in [3.8, 4) is 11.4 Å². The maximum atomic E-state index is 14.3. The summed E-state index contributed by atoms with van der Waals surface area (Å²) < 4.78 is 16.2. The molecule has 1 amide bonds. The van der Waals surface area contributed by atoms with Gasteiger partial charge in [0.15, 0.2) is 11.0 Å². The van der Waals surface area contributed by atoms with Crippen LogP contribution in [0.1, 0.15) is 46.0 Å². The number of carbonyl (C=O) groups excluding carboxylic acids is 1. The summed E-state index contributed by atoms with van der Waals surface area (Å²) in [4.78, 5) is 12.3. The van der Waals surface area contributed by atoms with Gasteiger partial charge in [0.05, 0.1) is 11.3 Å². The van der Waals surface area contributed by atoms with Crippen LogP contribution in [0, 0.1) is 11.7 Å². The molecule has 0 bridgehead atoms. The van der Waals surface area contributed by atoms with Gasteiger partial charge in [0.1, 0.15) is 5.82 Å². The van der Waals surface area contributed by atoms with Crippen LogP contribution in [0.3, 0.4) is 0 Å². The molecule has 0 aliphatic heterocycles. The Hall–Kier alpha value is -2.15. The second-order valence-electron chi connectivity index (χ2n) is 7.79. The van der Waals surface area contributed by atoms with Gasteiger partial charge in [-0.15, -0.1) is 10.2 Å². The molecule has 1 aliphatic rings. The Balaban J connectivity index is 1.60. The SMILES string of the molecule is CC(C)Cn1c(SCC(=O)NCCC2=CCCCC2)nnc1-c1ccccc1F. The van der Waals surface area contributed by atoms with Crippen molar-refractivity contribution in [2.75, 3.05) is 12.3 Å². The first kappa shape index (κ1) is 21.6. The summed E-state index contributed by atoms with van der Waals surface area (Å²) in [5, 5.41) is 12.1. The molecule has 1 aromatic carbocycles. The van der Waals surface area contributed by atoms with Gasteiger partial charge >= 0.3 is 0 Å². The van der Waals surface area contributed by atoms with Crippen molar-refractivity contribution >= 4 is 17.7 Å². The van der Waals surface area contributed by atoms with E-state index in [4.69, 9.17) is 0 Å². The number of aromatic nitrogens is 3. The molecular weight excluding hydrogens is 387 g/mol. The van der Waals surface area contributed by atoms with Crippen LogP contribution in [0.15, 0.2) is 41.1 Å². The highest BCUT2D eigenvalue weighted by molar-refractivity contribution is 7.99. The van der Waals surface area contributed by atoms with E-state index in [0.717, 1.165) is 19.3 Å². The van der Waals surface area contributed by atoms with Gasteiger partial charge in [0.25, 0.3) is 0 Å². The molecule has 156 valence electrons. The minimum Gasteiger partial charge on any atom is -0.355 e. The number of halogens is 1. The highest BCUT2D eigenvalue weighted by atomic mass is 32.2. The van der Waals surface area contributed by atoms with Gasteiger partial charge in [0.2, 0.25) is 5.91 Å². The molecule has 1 heterocycles. The quantitative estimate of drug-likeness (QED) is 0.469. The van der Waals surface area contributed by atoms with Crippen LogP contribution >= 0.6 is 11.8 Å². The Morgan fingerprint density at radius 1 is 1.28 bits per heavy atom. The summed E-state index contributed by atoms with van der Waals surface area (Å²) >= 11 is 1.34. The summed E-state index contributed by atoms with van der Waals surface area (Å²) in [7, 11) is 0. The highest BCUT2D eigenvalue weighted by Gasteiger charge is 2.18. The zero-order valence-electron chi connectivity index (χ0n) is 17.2. The van der Waals surface area contributed by atoms with Crippen molar-refractivity contribution in [3.63, 3.8) is 0 Å². The number of benzene rings is 1. The van der Waals surface area contributed by atoms with E-state index in [1.807, 2.05) is 4.57 Å². The lowest BCUT2D eigenvalue weighted by Crippen LogP contribution is -2.26. The fourth-order valence-electron chi connectivity index (χ4n) is 3.44. The lowest BCUT2D eigenvalue weighted by atomic mass is 9.97. The Labute approximate surface area is 176 Å². The van der Waals surface area contributed by atoms with Crippen molar-refractivity contribution in [2.45, 2.75) is 57.7 Å². The van der Waals surface area contributed by atoms with Crippen molar-refractivity contribution < 1.29 is 9.18 Å². The molecule has 1 N–H and O–H groups in total. The largest absolute Gasteiger partial charge is 0.355 e. The van der Waals surface area contributed by atoms with Gasteiger partial charge in [-0.3, -0.25) is 4.79 Å². The van der Waals surface area contributed by atoms with Crippen LogP contribution in [0.25, 0.3) is 11.4 Å². The number of nitrogens with one attached hydrogen (secondary N) is 1. The monoisotopic (exact) mass is 416 g/mol. The summed E-state index contributed by atoms with van der Waals surface area (Å²) in [5.74, 6) is 0.776. The third kappa shape index (κ3) is 6.16. The molecule has 29 heavy (non-hydrogen) atoms. The van der Waals surface area contributed by atoms with Gasteiger partial charge < -0.3 is 9.88 Å². The van der Waals surface area contributed by atoms with E-state index >= 15 is 0 Å². The van der Waals surface area contributed by atoms with Crippen molar-refractivity contribution in [2.24, 2.45) is 5.92 Å². The van der Waals surface area contributed by atoms with Crippen LogP contribution in [0.4, 0.5) is 4.39 Å². The van der Waals surface area contributed by atoms with Gasteiger partial charge in [0, 0.05) is 13.1 Å². The lowest BCUT2D eigenvalue weighted by Gasteiger charge is -2.14. The van der Waals surface area contributed by atoms with Crippen LogP contribution < -0.4 is 5.32 Å². The van der Waals surface area contributed by atoms with Gasteiger partial charge in [-0.25, -0.2) is 4.39 Å². The number of amides is 1. The zero-order chi connectivity index (χ0) is 20.6. The fraction of sp³-hybridized carbons (Fsp3) is 0.500. The van der Waals surface area contributed by atoms with E-state index in [1.54, 1.807) is 18.2 Å². The molecule has 1 aromatic heterocycles. The molecule has 3 rings (SSSR count). The van der Waals surface area contributed by atoms with Gasteiger partial charge in [-0.05, 0) is 50.2 Å². The van der Waals surface area contributed by atoms with Crippen LogP contribution in [-0.4, -0.2) is 33.0 Å². The Bertz CT molecular complexity index is 862. The van der Waals surface area contributed by atoms with Crippen molar-refractivity contribution in [3.05, 3.63) is 41.7 Å². The Morgan fingerprint density at radius 3 is 2.83 bits per heavy atom. The van der Waals surface area contributed by atoms with E-state index in [1.165, 1.54) is 36.2 Å². The second kappa shape index (κ2) is 10.6. The first-order valence-corrected chi connectivity index (χ1v) is 11.3. The highest BCUT2D eigenvalue weighted by Crippen LogP contribution is 2.27. The zero-order valence-corrected chi connectivity index (χ0v) is 18.0. The molecule has 0 saturated heterocycles. The van der Waals surface area contributed by atoms with E-state index < -0.39 is 0 Å². The third-order valence-electron chi connectivity index (χ3n) is 4.86. The maximum absolute atomic E-state index is 14.3. The number of nitrogens with zero attached hydrogens (tertiary/aromatic N) is 3. The smallest absolute Gasteiger partial charge is 0.230 e. The number of carbonyl (C=O) groups is 1. The Morgan fingerprint density at radius 2 is 2.10 bits per heavy atom. The summed E-state index contributed by atoms with van der Waals surface area (Å²) in [6.45, 7) is 5.51. The first-order valence-electron chi connectivity index (χ1n) is 10.3. The predicted molar refractivity (Wildman–Crippen MR) is 115 cm³/mol. The number of allylic oxidation sites excluding steroid dienone is 1. The molecule has 1 aliphatic carbocycles. The van der Waals surface area contributed by atoms with E-state index in [2.05, 4.69) is 35.4 Å². The minimum absolute atomic E-state index is 0.0158. The minimum atomic E-state index is -0.323. The van der Waals surface area contributed by atoms with Crippen LogP contribution in [0.2, 0.25) is 0 Å². The first-order chi connectivity index (χ1) is 14.0. The number of rotatable bonds is 9. The molecule has 0 radical (unpaired) electrons. The van der Waals surface area contributed by atoms with Gasteiger partial charge in [-0.2, -0.15) is 0 Å². The normalized spacial score (nSPS) is 14.1. The summed E-state index contributed by atoms with van der Waals surface area (Å²) in [6, 6.07) is 6.57. The average molecular weight is 417 g/mol. The summed E-state index contributed by atoms with van der Waals surface area (Å²) in [5.41, 5.74) is 1.88. The van der Waals surface area contributed by atoms with Crippen LogP contribution in [0.5, 0.6) is 0 Å². The van der Waals surface area contributed by atoms with E-state index in [-0.39, 0.29) is 17.5 Å². The molecule has 0 spiro atoms. The van der Waals surface area contributed by atoms with Gasteiger partial charge in [-0.1, -0.05) is 49.4 Å². The average Bonchev–Trinajstić information content (AvgIpc) is 3.09. The molecule has 0 fully saturated rings. The molecule has 0 atom stereocenters. The number of hydrogen-bond donors (Lipinski definition) is 1. The van der Waals surface area contributed by atoms with Crippen LogP contribution in [-0.2, 0) is 11.3 Å². The molecule has 7 heteroatoms. The molecule has 5 nitrogen and oxygen atoms in total. The number of hydrogen-bond acceptors (Lipinski definition) is 4. The predicted octanol–water partition coefficient (Wildman–Crippen LogP) is 4.84. The molecule has 0 saturated carbocycles. The lowest BCUT2D eigenvalue weighted by molar-refractivity contribution is -0.118. The Kier molecular flexibility index (Phi) is 7.86. The third-order valence-corrected chi connectivity index (χ3v) is 5.83. The fourth-order valence-corrected chi connectivity index (χ4v) is 4.22. The second-order valence-corrected chi connectivity index (χ2v) is 8.73. The maximum Gasteiger partial charge on any atom is 0.230 e. The number of thioether (sulfide) groups is 1. The molecule has 0 unspecified atom stereocenters. The van der Waals surface area contributed by atoms with E-state index in [0.29, 0.717) is 35.6 Å². The topological polar surface area (TPSA) is 59.8 Å². The molecular formula is C22H29FN4OS. The van der Waals surface area contributed by atoms with Crippen molar-refractivity contribution in [1.82, 2.24) is 20.1 Å². The molecule has 2 aromatic rings.